The largest absolute Gasteiger partial charge is 0.497 e. The van der Waals surface area contributed by atoms with Crippen molar-refractivity contribution in [3.8, 4) is 5.75 Å². The number of nitro groups is 1. The predicted octanol–water partition coefficient (Wildman–Crippen LogP) is 3.44. The molecule has 2 aromatic carbocycles. The molecule has 9 heteroatoms. The molecule has 0 amide bonds. The number of hydrazine groups is 1. The van der Waals surface area contributed by atoms with Crippen LogP contribution in [0.5, 0.6) is 5.75 Å². The minimum absolute atomic E-state index is 0.0658. The Morgan fingerprint density at radius 2 is 1.70 bits per heavy atom. The summed E-state index contributed by atoms with van der Waals surface area (Å²) in [7, 11) is 1.59. The van der Waals surface area contributed by atoms with E-state index >= 15 is 0 Å². The van der Waals surface area contributed by atoms with Gasteiger partial charge in [0.2, 0.25) is 11.6 Å². The lowest BCUT2D eigenvalue weighted by molar-refractivity contribution is -0.383. The van der Waals surface area contributed by atoms with E-state index in [1.165, 1.54) is 6.33 Å². The topological polar surface area (TPSA) is 114 Å². The van der Waals surface area contributed by atoms with E-state index in [4.69, 9.17) is 4.74 Å². The first kappa shape index (κ1) is 17.9. The predicted molar refractivity (Wildman–Crippen MR) is 103 cm³/mol. The van der Waals surface area contributed by atoms with Crippen molar-refractivity contribution in [2.24, 2.45) is 0 Å². The number of hydrogen-bond acceptors (Lipinski definition) is 8. The molecule has 27 heavy (non-hydrogen) atoms. The number of ether oxygens (including phenoxy) is 1. The Morgan fingerprint density at radius 3 is 2.37 bits per heavy atom. The number of benzene rings is 2. The van der Waals surface area contributed by atoms with Crippen molar-refractivity contribution in [2.45, 2.75) is 6.54 Å². The zero-order valence-electron chi connectivity index (χ0n) is 14.5. The number of aromatic nitrogens is 2. The normalized spacial score (nSPS) is 10.1. The second kappa shape index (κ2) is 8.48. The first-order valence-electron chi connectivity index (χ1n) is 8.10. The van der Waals surface area contributed by atoms with E-state index in [1.54, 1.807) is 7.11 Å². The lowest BCUT2D eigenvalue weighted by atomic mass is 10.2. The van der Waals surface area contributed by atoms with E-state index in [1.807, 2.05) is 54.6 Å². The number of hydrogen-bond donors (Lipinski definition) is 3. The van der Waals surface area contributed by atoms with Gasteiger partial charge in [-0.15, -0.1) is 0 Å². The maximum atomic E-state index is 11.6. The summed E-state index contributed by atoms with van der Waals surface area (Å²) in [5.41, 5.74) is 7.09. The van der Waals surface area contributed by atoms with Gasteiger partial charge < -0.3 is 10.1 Å². The lowest BCUT2D eigenvalue weighted by Crippen LogP contribution is -2.14. The second-order valence-electron chi connectivity index (χ2n) is 5.49. The molecule has 1 heterocycles. The average molecular weight is 366 g/mol. The molecular weight excluding hydrogens is 348 g/mol. The standard InChI is InChI=1S/C18H18N6O3/c1-27-15-9-7-13(8-10-15)11-19-17-16(24(25)26)18(21-12-20-17)23-22-14-5-3-2-4-6-14/h2-10,12,22H,11H2,1H3,(H2,19,20,21,23). The smallest absolute Gasteiger partial charge is 0.354 e. The number of para-hydroxylation sites is 1. The Kier molecular flexibility index (Phi) is 5.63. The van der Waals surface area contributed by atoms with Crippen molar-refractivity contribution in [2.75, 3.05) is 23.3 Å². The van der Waals surface area contributed by atoms with E-state index < -0.39 is 4.92 Å². The highest BCUT2D eigenvalue weighted by Crippen LogP contribution is 2.29. The fourth-order valence-electron chi connectivity index (χ4n) is 2.35. The molecule has 138 valence electrons. The van der Waals surface area contributed by atoms with Crippen LogP contribution in [0.4, 0.5) is 23.0 Å². The Hall–Kier alpha value is -3.88. The molecule has 3 rings (SSSR count). The van der Waals surface area contributed by atoms with Crippen LogP contribution in [0.1, 0.15) is 5.56 Å². The molecule has 0 radical (unpaired) electrons. The van der Waals surface area contributed by atoms with E-state index in [2.05, 4.69) is 26.1 Å². The van der Waals surface area contributed by atoms with Crippen LogP contribution in [0.15, 0.2) is 60.9 Å². The highest BCUT2D eigenvalue weighted by molar-refractivity contribution is 5.70. The van der Waals surface area contributed by atoms with Crippen LogP contribution in [-0.4, -0.2) is 22.0 Å². The van der Waals surface area contributed by atoms with Crippen LogP contribution in [0, 0.1) is 10.1 Å². The summed E-state index contributed by atoms with van der Waals surface area (Å²) < 4.78 is 5.12. The Balaban J connectivity index is 1.75. The maximum absolute atomic E-state index is 11.6. The summed E-state index contributed by atoms with van der Waals surface area (Å²) in [5.74, 6) is 0.935. The molecule has 0 aliphatic rings. The first-order valence-corrected chi connectivity index (χ1v) is 8.10. The third-order valence-corrected chi connectivity index (χ3v) is 3.72. The van der Waals surface area contributed by atoms with Crippen molar-refractivity contribution >= 4 is 23.0 Å². The summed E-state index contributed by atoms with van der Waals surface area (Å²) in [4.78, 5) is 19.0. The highest BCUT2D eigenvalue weighted by atomic mass is 16.6. The van der Waals surface area contributed by atoms with Crippen LogP contribution in [0.2, 0.25) is 0 Å². The van der Waals surface area contributed by atoms with Gasteiger partial charge in [-0.1, -0.05) is 30.3 Å². The van der Waals surface area contributed by atoms with Crippen LogP contribution in [0.3, 0.4) is 0 Å². The van der Waals surface area contributed by atoms with Crippen molar-refractivity contribution in [3.05, 3.63) is 76.6 Å². The summed E-state index contributed by atoms with van der Waals surface area (Å²) in [6.07, 6.45) is 1.26. The van der Waals surface area contributed by atoms with E-state index in [0.717, 1.165) is 17.0 Å². The van der Waals surface area contributed by atoms with Crippen LogP contribution < -0.4 is 20.9 Å². The zero-order valence-corrected chi connectivity index (χ0v) is 14.5. The van der Waals surface area contributed by atoms with Gasteiger partial charge in [0.25, 0.3) is 0 Å². The second-order valence-corrected chi connectivity index (χ2v) is 5.49. The molecule has 0 atom stereocenters. The van der Waals surface area contributed by atoms with Gasteiger partial charge in [-0.2, -0.15) is 0 Å². The number of rotatable bonds is 8. The third-order valence-electron chi connectivity index (χ3n) is 3.72. The SMILES string of the molecule is COc1ccc(CNc2ncnc(NNc3ccccc3)c2[N+](=O)[O-])cc1. The summed E-state index contributed by atoms with van der Waals surface area (Å²) >= 11 is 0. The van der Waals surface area contributed by atoms with Crippen LogP contribution in [-0.2, 0) is 6.54 Å². The third kappa shape index (κ3) is 4.60. The number of anilines is 3. The Labute approximate surface area is 155 Å². The molecule has 0 spiro atoms. The average Bonchev–Trinajstić information content (AvgIpc) is 2.71. The zero-order chi connectivity index (χ0) is 19.1. The molecule has 3 aromatic rings. The molecule has 0 unspecified atom stereocenters. The molecular formula is C18H18N6O3. The molecule has 0 bridgehead atoms. The van der Waals surface area contributed by atoms with Gasteiger partial charge in [0.1, 0.15) is 12.1 Å². The lowest BCUT2D eigenvalue weighted by Gasteiger charge is -2.11. The number of methoxy groups -OCH3 is 1. The fourth-order valence-corrected chi connectivity index (χ4v) is 2.35. The quantitative estimate of drug-likeness (QED) is 0.410. The molecule has 0 aliphatic heterocycles. The van der Waals surface area contributed by atoms with Gasteiger partial charge in [-0.3, -0.25) is 21.0 Å². The first-order chi connectivity index (χ1) is 13.2. The molecule has 0 saturated carbocycles. The molecule has 0 saturated heterocycles. The summed E-state index contributed by atoms with van der Waals surface area (Å²) in [6.45, 7) is 0.368. The van der Waals surface area contributed by atoms with E-state index in [-0.39, 0.29) is 17.3 Å². The van der Waals surface area contributed by atoms with Gasteiger partial charge in [0.15, 0.2) is 0 Å². The minimum Gasteiger partial charge on any atom is -0.497 e. The van der Waals surface area contributed by atoms with Crippen molar-refractivity contribution in [1.29, 1.82) is 0 Å². The van der Waals surface area contributed by atoms with Gasteiger partial charge in [-0.25, -0.2) is 9.97 Å². The Bertz CT molecular complexity index is 903. The minimum atomic E-state index is -0.522. The van der Waals surface area contributed by atoms with Gasteiger partial charge >= 0.3 is 5.69 Å². The number of nitrogens with one attached hydrogen (secondary N) is 3. The molecule has 3 N–H and O–H groups in total. The maximum Gasteiger partial charge on any atom is 0.354 e. The molecule has 0 fully saturated rings. The van der Waals surface area contributed by atoms with Crippen LogP contribution in [0.25, 0.3) is 0 Å². The summed E-state index contributed by atoms with van der Waals surface area (Å²) in [6, 6.07) is 16.6. The summed E-state index contributed by atoms with van der Waals surface area (Å²) in [5, 5.41) is 14.5. The number of nitrogens with zero attached hydrogens (tertiary/aromatic N) is 3. The highest BCUT2D eigenvalue weighted by Gasteiger charge is 2.22. The van der Waals surface area contributed by atoms with Crippen molar-refractivity contribution in [1.82, 2.24) is 9.97 Å². The van der Waals surface area contributed by atoms with Crippen molar-refractivity contribution in [3.63, 3.8) is 0 Å². The monoisotopic (exact) mass is 366 g/mol. The fraction of sp³-hybridized carbons (Fsp3) is 0.111. The van der Waals surface area contributed by atoms with E-state index in [9.17, 15) is 10.1 Å². The van der Waals surface area contributed by atoms with Gasteiger partial charge in [0.05, 0.1) is 17.7 Å². The van der Waals surface area contributed by atoms with Crippen LogP contribution >= 0.6 is 0 Å². The molecule has 9 nitrogen and oxygen atoms in total. The molecule has 0 aliphatic carbocycles. The van der Waals surface area contributed by atoms with E-state index in [0.29, 0.717) is 6.54 Å². The van der Waals surface area contributed by atoms with Crippen molar-refractivity contribution < 1.29 is 9.66 Å². The Morgan fingerprint density at radius 1 is 1.00 bits per heavy atom. The van der Waals surface area contributed by atoms with Gasteiger partial charge in [0, 0.05) is 6.54 Å². The molecule has 1 aromatic heterocycles. The van der Waals surface area contributed by atoms with Gasteiger partial charge in [-0.05, 0) is 29.8 Å².